The summed E-state index contributed by atoms with van der Waals surface area (Å²) in [5, 5.41) is 0. The summed E-state index contributed by atoms with van der Waals surface area (Å²) in [7, 11) is 0. The van der Waals surface area contributed by atoms with E-state index in [-0.39, 0.29) is 6.61 Å². The second-order valence-electron chi connectivity index (χ2n) is 7.04. The molecule has 1 amide bonds. The van der Waals surface area contributed by atoms with Crippen molar-refractivity contribution < 1.29 is 14.3 Å². The first kappa shape index (κ1) is 21.5. The molecule has 1 atom stereocenters. The van der Waals surface area contributed by atoms with E-state index in [1.165, 1.54) is 4.90 Å². The van der Waals surface area contributed by atoms with Gasteiger partial charge in [-0.3, -0.25) is 0 Å². The van der Waals surface area contributed by atoms with Crippen LogP contribution < -0.4 is 0 Å². The molecular formula is C26H25N3O3. The number of carbonyl (C=O) groups excluding carboxylic acids is 1. The molecule has 0 bridgehead atoms. The van der Waals surface area contributed by atoms with Crippen LogP contribution in [0.15, 0.2) is 101 Å². The van der Waals surface area contributed by atoms with Crippen molar-refractivity contribution in [1.82, 2.24) is 4.90 Å². The number of benzene rings is 3. The van der Waals surface area contributed by atoms with Crippen LogP contribution in [0.25, 0.3) is 0 Å². The van der Waals surface area contributed by atoms with Crippen molar-refractivity contribution >= 4 is 17.8 Å². The van der Waals surface area contributed by atoms with Crippen molar-refractivity contribution in [3.8, 4) is 0 Å². The zero-order chi connectivity index (χ0) is 22.4. The van der Waals surface area contributed by atoms with E-state index in [0.29, 0.717) is 23.8 Å². The molecule has 1 aliphatic heterocycles. The molecule has 0 spiro atoms. The van der Waals surface area contributed by atoms with E-state index in [1.54, 1.807) is 6.92 Å². The zero-order valence-corrected chi connectivity index (χ0v) is 18.1. The Morgan fingerprint density at radius 1 is 0.812 bits per heavy atom. The van der Waals surface area contributed by atoms with Gasteiger partial charge in [0.2, 0.25) is 0 Å². The average Bonchev–Trinajstić information content (AvgIpc) is 2.85. The summed E-state index contributed by atoms with van der Waals surface area (Å²) in [5.74, 6) is -0.585. The van der Waals surface area contributed by atoms with E-state index in [9.17, 15) is 4.79 Å². The zero-order valence-electron chi connectivity index (χ0n) is 18.1. The van der Waals surface area contributed by atoms with Crippen LogP contribution in [0.1, 0.15) is 30.5 Å². The number of aliphatic imine (C=N–C) groups is 2. The molecule has 0 saturated heterocycles. The lowest BCUT2D eigenvalue weighted by Gasteiger charge is -2.42. The lowest BCUT2D eigenvalue weighted by Crippen LogP contribution is -2.56. The quantitative estimate of drug-likeness (QED) is 0.543. The minimum Gasteiger partial charge on any atom is -0.449 e. The fraction of sp³-hybridized carbons (Fsp3) is 0.192. The molecule has 6 heteroatoms. The SMILES string of the molecule is CCOC(=O)N1C(c2ccccc2)=NC(c2ccccc2)=NC1(OCC)c1ccccc1. The number of hydrogen-bond donors (Lipinski definition) is 0. The Balaban J connectivity index is 2.02. The number of rotatable bonds is 6. The van der Waals surface area contributed by atoms with Gasteiger partial charge in [0, 0.05) is 23.3 Å². The van der Waals surface area contributed by atoms with Gasteiger partial charge >= 0.3 is 6.09 Å². The van der Waals surface area contributed by atoms with E-state index in [0.717, 1.165) is 11.1 Å². The number of amides is 1. The molecule has 0 fully saturated rings. The highest BCUT2D eigenvalue weighted by Gasteiger charge is 2.49. The highest BCUT2D eigenvalue weighted by Crippen LogP contribution is 2.37. The van der Waals surface area contributed by atoms with Crippen LogP contribution in [-0.2, 0) is 15.3 Å². The van der Waals surface area contributed by atoms with E-state index in [2.05, 4.69) is 0 Å². The number of amidine groups is 2. The molecule has 0 aliphatic carbocycles. The predicted molar refractivity (Wildman–Crippen MR) is 125 cm³/mol. The molecule has 6 nitrogen and oxygen atoms in total. The topological polar surface area (TPSA) is 63.5 Å². The first-order valence-electron chi connectivity index (χ1n) is 10.7. The number of ether oxygens (including phenoxy) is 2. The van der Waals surface area contributed by atoms with Crippen molar-refractivity contribution in [3.05, 3.63) is 108 Å². The maximum absolute atomic E-state index is 13.4. The smallest absolute Gasteiger partial charge is 0.419 e. The molecule has 0 aromatic heterocycles. The van der Waals surface area contributed by atoms with Gasteiger partial charge in [0.05, 0.1) is 6.61 Å². The normalized spacial score (nSPS) is 18.0. The van der Waals surface area contributed by atoms with Crippen LogP contribution in [0.2, 0.25) is 0 Å². The first-order chi connectivity index (χ1) is 15.7. The lowest BCUT2D eigenvalue weighted by molar-refractivity contribution is -0.116. The van der Waals surface area contributed by atoms with E-state index in [1.807, 2.05) is 97.9 Å². The molecule has 0 saturated carbocycles. The van der Waals surface area contributed by atoms with Crippen molar-refractivity contribution in [1.29, 1.82) is 0 Å². The molecule has 1 unspecified atom stereocenters. The molecule has 1 aliphatic rings. The summed E-state index contributed by atoms with van der Waals surface area (Å²) in [5.41, 5.74) is 2.28. The summed E-state index contributed by atoms with van der Waals surface area (Å²) >= 11 is 0. The Hall–Kier alpha value is -3.77. The summed E-state index contributed by atoms with van der Waals surface area (Å²) in [6.07, 6.45) is -0.580. The molecule has 1 heterocycles. The van der Waals surface area contributed by atoms with Crippen LogP contribution in [-0.4, -0.2) is 35.9 Å². The second-order valence-corrected chi connectivity index (χ2v) is 7.04. The highest BCUT2D eigenvalue weighted by atomic mass is 16.6. The molecular weight excluding hydrogens is 402 g/mol. The van der Waals surface area contributed by atoms with Crippen LogP contribution in [0.3, 0.4) is 0 Å². The second kappa shape index (κ2) is 9.58. The largest absolute Gasteiger partial charge is 0.449 e. The molecule has 4 rings (SSSR count). The summed E-state index contributed by atoms with van der Waals surface area (Å²) in [6, 6.07) is 28.7. The maximum atomic E-state index is 13.4. The monoisotopic (exact) mass is 427 g/mol. The van der Waals surface area contributed by atoms with Crippen molar-refractivity contribution in [2.24, 2.45) is 9.98 Å². The minimum absolute atomic E-state index is 0.212. The third-order valence-electron chi connectivity index (χ3n) is 4.99. The Bertz CT molecular complexity index is 1110. The molecule has 0 N–H and O–H groups in total. The summed E-state index contributed by atoms with van der Waals surface area (Å²) in [6.45, 7) is 4.17. The Kier molecular flexibility index (Phi) is 6.42. The summed E-state index contributed by atoms with van der Waals surface area (Å²) in [4.78, 5) is 24.5. The van der Waals surface area contributed by atoms with Gasteiger partial charge in [0.1, 0.15) is 0 Å². The van der Waals surface area contributed by atoms with E-state index < -0.39 is 11.9 Å². The van der Waals surface area contributed by atoms with E-state index in [4.69, 9.17) is 19.5 Å². The number of hydrogen-bond acceptors (Lipinski definition) is 5. The standard InChI is InChI=1S/C26H25N3O3/c1-3-31-25(30)29-24(21-16-10-6-11-17-21)27-23(20-14-8-5-9-15-20)28-26(29,32-4-2)22-18-12-7-13-19-22/h5-19H,3-4H2,1-2H3. The van der Waals surface area contributed by atoms with Gasteiger partial charge in [-0.2, -0.15) is 0 Å². The molecule has 0 radical (unpaired) electrons. The third-order valence-corrected chi connectivity index (χ3v) is 4.99. The van der Waals surface area contributed by atoms with Crippen LogP contribution in [0.4, 0.5) is 4.79 Å². The van der Waals surface area contributed by atoms with Gasteiger partial charge in [0.15, 0.2) is 11.7 Å². The predicted octanol–water partition coefficient (Wildman–Crippen LogP) is 5.20. The fourth-order valence-corrected chi connectivity index (χ4v) is 3.64. The Labute approximate surface area is 187 Å². The van der Waals surface area contributed by atoms with Gasteiger partial charge in [-0.15, -0.1) is 0 Å². The molecule has 32 heavy (non-hydrogen) atoms. The van der Waals surface area contributed by atoms with E-state index >= 15 is 0 Å². The van der Waals surface area contributed by atoms with Crippen LogP contribution in [0.5, 0.6) is 0 Å². The Morgan fingerprint density at radius 3 is 1.94 bits per heavy atom. The molecule has 3 aromatic carbocycles. The van der Waals surface area contributed by atoms with Crippen LogP contribution >= 0.6 is 0 Å². The van der Waals surface area contributed by atoms with Crippen LogP contribution in [0, 0.1) is 0 Å². The van der Waals surface area contributed by atoms with Crippen molar-refractivity contribution in [2.75, 3.05) is 13.2 Å². The number of nitrogens with zero attached hydrogens (tertiary/aromatic N) is 3. The fourth-order valence-electron chi connectivity index (χ4n) is 3.64. The minimum atomic E-state index is -1.47. The van der Waals surface area contributed by atoms with Gasteiger partial charge in [-0.05, 0) is 13.8 Å². The van der Waals surface area contributed by atoms with Gasteiger partial charge in [-0.1, -0.05) is 91.0 Å². The first-order valence-corrected chi connectivity index (χ1v) is 10.7. The lowest BCUT2D eigenvalue weighted by atomic mass is 10.0. The molecule has 3 aromatic rings. The number of carbonyl (C=O) groups is 1. The van der Waals surface area contributed by atoms with Gasteiger partial charge < -0.3 is 9.47 Å². The molecule has 162 valence electrons. The Morgan fingerprint density at radius 2 is 1.38 bits per heavy atom. The summed E-state index contributed by atoms with van der Waals surface area (Å²) < 4.78 is 11.8. The van der Waals surface area contributed by atoms with Gasteiger partial charge in [0.25, 0.3) is 5.85 Å². The van der Waals surface area contributed by atoms with Gasteiger partial charge in [-0.25, -0.2) is 19.7 Å². The highest BCUT2D eigenvalue weighted by molar-refractivity contribution is 6.16. The van der Waals surface area contributed by atoms with Crippen molar-refractivity contribution in [2.45, 2.75) is 19.7 Å². The average molecular weight is 428 g/mol. The van der Waals surface area contributed by atoms with Crippen molar-refractivity contribution in [3.63, 3.8) is 0 Å². The third kappa shape index (κ3) is 4.05. The maximum Gasteiger partial charge on any atom is 0.419 e.